The Morgan fingerprint density at radius 2 is 1.63 bits per heavy atom. The second-order valence-electron chi connectivity index (χ2n) is 7.77. The summed E-state index contributed by atoms with van der Waals surface area (Å²) in [6.07, 6.45) is 1.12. The summed E-state index contributed by atoms with van der Waals surface area (Å²) in [4.78, 5) is 16.3. The number of carbonyl (C=O) groups is 1. The van der Waals surface area contributed by atoms with E-state index in [-0.39, 0.29) is 5.91 Å². The molecular formula is C24H33N2O4+. The fourth-order valence-electron chi connectivity index (χ4n) is 4.02. The first-order valence-corrected chi connectivity index (χ1v) is 10.5. The zero-order valence-electron chi connectivity index (χ0n) is 18.5. The van der Waals surface area contributed by atoms with E-state index >= 15 is 0 Å². The number of amides is 1. The average Bonchev–Trinajstić information content (AvgIpc) is 2.78. The van der Waals surface area contributed by atoms with Crippen molar-refractivity contribution in [1.82, 2.24) is 4.90 Å². The molecular weight excluding hydrogens is 380 g/mol. The number of rotatable bonds is 8. The number of quaternary nitrogens is 1. The van der Waals surface area contributed by atoms with Gasteiger partial charge in [-0.3, -0.25) is 4.79 Å². The second-order valence-corrected chi connectivity index (χ2v) is 7.77. The Balaban J connectivity index is 1.52. The maximum Gasteiger partial charge on any atom is 0.223 e. The van der Waals surface area contributed by atoms with Crippen LogP contribution in [0.3, 0.4) is 0 Å². The first-order valence-electron chi connectivity index (χ1n) is 10.5. The van der Waals surface area contributed by atoms with E-state index in [9.17, 15) is 4.79 Å². The van der Waals surface area contributed by atoms with E-state index < -0.39 is 0 Å². The topological polar surface area (TPSA) is 52.4 Å². The highest BCUT2D eigenvalue weighted by atomic mass is 16.5. The zero-order chi connectivity index (χ0) is 21.5. The number of carbonyl (C=O) groups excluding carboxylic acids is 1. The predicted molar refractivity (Wildman–Crippen MR) is 117 cm³/mol. The minimum atomic E-state index is 0.207. The van der Waals surface area contributed by atoms with E-state index in [0.717, 1.165) is 38.3 Å². The largest absolute Gasteiger partial charge is 0.493 e. The fourth-order valence-corrected chi connectivity index (χ4v) is 4.02. The van der Waals surface area contributed by atoms with E-state index in [1.807, 2.05) is 17.0 Å². The molecule has 6 heteroatoms. The summed E-state index contributed by atoms with van der Waals surface area (Å²) < 4.78 is 16.2. The molecule has 162 valence electrons. The molecule has 1 heterocycles. The lowest BCUT2D eigenvalue weighted by Gasteiger charge is -2.32. The van der Waals surface area contributed by atoms with Gasteiger partial charge in [0.05, 0.1) is 47.5 Å². The molecule has 30 heavy (non-hydrogen) atoms. The number of nitrogens with zero attached hydrogens (tertiary/aromatic N) is 1. The van der Waals surface area contributed by atoms with Gasteiger partial charge in [-0.2, -0.15) is 0 Å². The second kappa shape index (κ2) is 10.3. The Hall–Kier alpha value is -2.73. The van der Waals surface area contributed by atoms with Gasteiger partial charge < -0.3 is 24.0 Å². The Morgan fingerprint density at radius 3 is 2.20 bits per heavy atom. The van der Waals surface area contributed by atoms with Crippen molar-refractivity contribution in [2.45, 2.75) is 26.3 Å². The monoisotopic (exact) mass is 413 g/mol. The van der Waals surface area contributed by atoms with Crippen LogP contribution in [0.2, 0.25) is 0 Å². The average molecular weight is 414 g/mol. The van der Waals surface area contributed by atoms with Gasteiger partial charge >= 0.3 is 0 Å². The van der Waals surface area contributed by atoms with E-state index in [4.69, 9.17) is 14.2 Å². The van der Waals surface area contributed by atoms with Gasteiger partial charge in [-0.1, -0.05) is 24.3 Å². The maximum atomic E-state index is 12.8. The normalized spacial score (nSPS) is 14.5. The van der Waals surface area contributed by atoms with Crippen LogP contribution in [0.15, 0.2) is 36.4 Å². The molecule has 0 atom stereocenters. The molecule has 1 fully saturated rings. The number of aryl methyl sites for hydroxylation is 2. The van der Waals surface area contributed by atoms with Gasteiger partial charge in [0.1, 0.15) is 6.54 Å². The van der Waals surface area contributed by atoms with E-state index in [0.29, 0.717) is 30.1 Å². The van der Waals surface area contributed by atoms with Gasteiger partial charge in [0, 0.05) is 12.0 Å². The molecule has 0 unspecified atom stereocenters. The Labute approximate surface area is 179 Å². The third kappa shape index (κ3) is 5.25. The highest BCUT2D eigenvalue weighted by Crippen LogP contribution is 2.38. The first-order chi connectivity index (χ1) is 14.5. The standard InChI is InChI=1S/C24H32N2O4/c1-18-7-5-6-8-20(18)17-25-11-13-26(14-12-25)23(27)10-9-19-15-21(28-2)24(30-4)22(16-19)29-3/h5-8,15-16H,9-14,17H2,1-4H3/p+1. The summed E-state index contributed by atoms with van der Waals surface area (Å²) >= 11 is 0. The van der Waals surface area contributed by atoms with Gasteiger partial charge in [-0.25, -0.2) is 0 Å². The molecule has 0 spiro atoms. The lowest BCUT2D eigenvalue weighted by Crippen LogP contribution is -3.13. The maximum absolute atomic E-state index is 12.8. The van der Waals surface area contributed by atoms with Gasteiger partial charge in [-0.15, -0.1) is 0 Å². The number of hydrogen-bond donors (Lipinski definition) is 1. The highest BCUT2D eigenvalue weighted by Gasteiger charge is 2.24. The third-order valence-electron chi connectivity index (χ3n) is 5.88. The van der Waals surface area contributed by atoms with Crippen LogP contribution in [0.1, 0.15) is 23.1 Å². The summed E-state index contributed by atoms with van der Waals surface area (Å²) in [5.41, 5.74) is 3.74. The fraction of sp³-hybridized carbons (Fsp3) is 0.458. The molecule has 1 amide bonds. The quantitative estimate of drug-likeness (QED) is 0.718. The third-order valence-corrected chi connectivity index (χ3v) is 5.88. The summed E-state index contributed by atoms with van der Waals surface area (Å²) in [6.45, 7) is 6.80. The number of methoxy groups -OCH3 is 3. The SMILES string of the molecule is COc1cc(CCC(=O)N2CC[NH+](Cc3ccccc3C)CC2)cc(OC)c1OC. The molecule has 0 aromatic heterocycles. The first kappa shape index (κ1) is 22.0. The molecule has 0 saturated carbocycles. The lowest BCUT2D eigenvalue weighted by atomic mass is 10.1. The molecule has 0 bridgehead atoms. The highest BCUT2D eigenvalue weighted by molar-refractivity contribution is 5.76. The number of piperazine rings is 1. The van der Waals surface area contributed by atoms with Gasteiger partial charge in [-0.05, 0) is 36.6 Å². The number of nitrogens with one attached hydrogen (secondary N) is 1. The van der Waals surface area contributed by atoms with Crippen molar-refractivity contribution in [3.8, 4) is 17.2 Å². The van der Waals surface area contributed by atoms with Crippen LogP contribution in [0.5, 0.6) is 17.2 Å². The molecule has 2 aromatic carbocycles. The molecule has 0 aliphatic carbocycles. The number of hydrogen-bond acceptors (Lipinski definition) is 4. The van der Waals surface area contributed by atoms with Gasteiger partial charge in [0.25, 0.3) is 0 Å². The summed E-state index contributed by atoms with van der Waals surface area (Å²) in [6, 6.07) is 12.4. The van der Waals surface area contributed by atoms with Crippen molar-refractivity contribution < 1.29 is 23.9 Å². The molecule has 6 nitrogen and oxygen atoms in total. The molecule has 1 saturated heterocycles. The summed E-state index contributed by atoms with van der Waals surface area (Å²) in [7, 11) is 4.79. The van der Waals surface area contributed by atoms with E-state index in [1.54, 1.807) is 21.3 Å². The van der Waals surface area contributed by atoms with Crippen LogP contribution in [0.4, 0.5) is 0 Å². The van der Waals surface area contributed by atoms with Gasteiger partial charge in [0.15, 0.2) is 11.5 Å². The Kier molecular flexibility index (Phi) is 7.57. The van der Waals surface area contributed by atoms with Crippen molar-refractivity contribution in [2.24, 2.45) is 0 Å². The molecule has 1 aliphatic rings. The smallest absolute Gasteiger partial charge is 0.223 e. The summed E-state index contributed by atoms with van der Waals surface area (Å²) in [5, 5.41) is 0. The van der Waals surface area contributed by atoms with Crippen LogP contribution >= 0.6 is 0 Å². The lowest BCUT2D eigenvalue weighted by molar-refractivity contribution is -0.917. The molecule has 1 N–H and O–H groups in total. The van der Waals surface area contributed by atoms with Crippen LogP contribution in [0, 0.1) is 6.92 Å². The minimum absolute atomic E-state index is 0.207. The molecule has 3 rings (SSSR count). The van der Waals surface area contributed by atoms with Crippen LogP contribution in [-0.2, 0) is 17.8 Å². The van der Waals surface area contributed by atoms with Crippen molar-refractivity contribution in [3.63, 3.8) is 0 Å². The molecule has 1 aliphatic heterocycles. The van der Waals surface area contributed by atoms with Crippen LogP contribution < -0.4 is 19.1 Å². The van der Waals surface area contributed by atoms with Crippen molar-refractivity contribution in [2.75, 3.05) is 47.5 Å². The van der Waals surface area contributed by atoms with Crippen molar-refractivity contribution in [1.29, 1.82) is 0 Å². The Morgan fingerprint density at radius 1 is 1.00 bits per heavy atom. The molecule has 0 radical (unpaired) electrons. The van der Waals surface area contributed by atoms with E-state index in [1.165, 1.54) is 16.0 Å². The zero-order valence-corrected chi connectivity index (χ0v) is 18.5. The van der Waals surface area contributed by atoms with Crippen LogP contribution in [0.25, 0.3) is 0 Å². The van der Waals surface area contributed by atoms with Gasteiger partial charge in [0.2, 0.25) is 11.7 Å². The van der Waals surface area contributed by atoms with Crippen molar-refractivity contribution in [3.05, 3.63) is 53.1 Å². The Bertz CT molecular complexity index is 835. The van der Waals surface area contributed by atoms with Crippen LogP contribution in [-0.4, -0.2) is 58.3 Å². The molecule has 2 aromatic rings. The minimum Gasteiger partial charge on any atom is -0.493 e. The van der Waals surface area contributed by atoms with E-state index in [2.05, 4.69) is 31.2 Å². The number of ether oxygens (including phenoxy) is 3. The number of benzene rings is 2. The van der Waals surface area contributed by atoms with Crippen molar-refractivity contribution >= 4 is 5.91 Å². The predicted octanol–water partition coefficient (Wildman–Crippen LogP) is 1.88. The summed E-state index contributed by atoms with van der Waals surface area (Å²) in [5.74, 6) is 2.02.